The van der Waals surface area contributed by atoms with E-state index in [9.17, 15) is 19.5 Å². The summed E-state index contributed by atoms with van der Waals surface area (Å²) in [5, 5.41) is 12.5. The lowest BCUT2D eigenvalue weighted by Crippen LogP contribution is -2.41. The Balaban J connectivity index is 1.69. The molecule has 1 aliphatic rings. The lowest BCUT2D eigenvalue weighted by atomic mass is 9.94. The van der Waals surface area contributed by atoms with E-state index in [0.717, 1.165) is 36.8 Å². The number of hydrogen-bond acceptors (Lipinski definition) is 5. The topological polar surface area (TPSA) is 95.9 Å². The largest absolute Gasteiger partial charge is 0.455 e. The van der Waals surface area contributed by atoms with Crippen molar-refractivity contribution in [3.05, 3.63) is 97.1 Å². The fourth-order valence-electron chi connectivity index (χ4n) is 5.35. The summed E-state index contributed by atoms with van der Waals surface area (Å²) >= 11 is 0. The molecule has 7 heteroatoms. The molecule has 3 rings (SSSR count). The quantitative estimate of drug-likeness (QED) is 0.158. The van der Waals surface area contributed by atoms with Gasteiger partial charge in [0.1, 0.15) is 6.10 Å². The lowest BCUT2D eigenvalue weighted by Gasteiger charge is -2.26. The summed E-state index contributed by atoms with van der Waals surface area (Å²) in [7, 11) is 0. The Morgan fingerprint density at radius 2 is 1.73 bits per heavy atom. The number of aliphatic hydroxyl groups is 1. The second-order valence-corrected chi connectivity index (χ2v) is 10.7. The van der Waals surface area contributed by atoms with Gasteiger partial charge in [-0.3, -0.25) is 14.4 Å². The summed E-state index contributed by atoms with van der Waals surface area (Å²) < 4.78 is 6.08. The third-order valence-corrected chi connectivity index (χ3v) is 7.66. The number of nitrogens with zero attached hydrogens (tertiary/aromatic N) is 1. The molecule has 0 aliphatic carbocycles. The van der Waals surface area contributed by atoms with E-state index in [4.69, 9.17) is 4.74 Å². The fraction of sp³-hybridized carbons (Fsp3) is 0.441. The Hall–Kier alpha value is -3.71. The molecule has 0 spiro atoms. The van der Waals surface area contributed by atoms with Crippen LogP contribution in [0, 0.1) is 11.8 Å². The van der Waals surface area contributed by atoms with E-state index < -0.39 is 12.0 Å². The van der Waals surface area contributed by atoms with Crippen LogP contribution in [0.4, 0.5) is 0 Å². The minimum atomic E-state index is -0.678. The van der Waals surface area contributed by atoms with Crippen molar-refractivity contribution in [3.63, 3.8) is 0 Å². The molecule has 2 aromatic rings. The maximum absolute atomic E-state index is 13.5. The molecule has 1 fully saturated rings. The normalized spacial score (nSPS) is 16.8. The number of nitrogens with one attached hydrogen (secondary N) is 1. The Kier molecular flexibility index (Phi) is 13.3. The molecule has 0 radical (unpaired) electrons. The third-order valence-electron chi connectivity index (χ3n) is 7.66. The number of carbonyl (C=O) groups is 3. The highest BCUT2D eigenvalue weighted by Gasteiger charge is 2.32. The van der Waals surface area contributed by atoms with E-state index in [-0.39, 0.29) is 49.3 Å². The van der Waals surface area contributed by atoms with Gasteiger partial charge in [-0.2, -0.15) is 0 Å². The maximum Gasteiger partial charge on any atom is 0.309 e. The predicted molar refractivity (Wildman–Crippen MR) is 161 cm³/mol. The van der Waals surface area contributed by atoms with Gasteiger partial charge in [0.2, 0.25) is 11.8 Å². The summed E-state index contributed by atoms with van der Waals surface area (Å²) in [5.74, 6) is -1.66. The van der Waals surface area contributed by atoms with Crippen LogP contribution in [0.3, 0.4) is 0 Å². The summed E-state index contributed by atoms with van der Waals surface area (Å²) in [6.07, 6.45) is 7.68. The zero-order chi connectivity index (χ0) is 29.5. The van der Waals surface area contributed by atoms with E-state index in [0.29, 0.717) is 25.8 Å². The predicted octanol–water partition coefficient (Wildman–Crippen LogP) is 5.17. The highest BCUT2D eigenvalue weighted by Crippen LogP contribution is 2.24. The Labute approximate surface area is 244 Å². The van der Waals surface area contributed by atoms with Crippen LogP contribution in [0.2, 0.25) is 0 Å². The smallest absolute Gasteiger partial charge is 0.309 e. The van der Waals surface area contributed by atoms with Gasteiger partial charge in [0.15, 0.2) is 0 Å². The number of rotatable bonds is 17. The number of hydrogen-bond donors (Lipinski definition) is 2. The van der Waals surface area contributed by atoms with Crippen LogP contribution in [0.25, 0.3) is 0 Å². The first-order chi connectivity index (χ1) is 20.0. The van der Waals surface area contributed by atoms with Gasteiger partial charge in [-0.15, -0.1) is 13.2 Å². The van der Waals surface area contributed by atoms with Crippen molar-refractivity contribution < 1.29 is 24.2 Å². The molecule has 1 aliphatic heterocycles. The van der Waals surface area contributed by atoms with Gasteiger partial charge < -0.3 is 20.1 Å². The second-order valence-electron chi connectivity index (χ2n) is 10.7. The number of unbranched alkanes of at least 4 members (excludes halogenated alkanes) is 1. The van der Waals surface area contributed by atoms with Crippen molar-refractivity contribution in [2.24, 2.45) is 11.8 Å². The van der Waals surface area contributed by atoms with Crippen molar-refractivity contribution in [3.8, 4) is 0 Å². The van der Waals surface area contributed by atoms with Gasteiger partial charge >= 0.3 is 5.97 Å². The number of allylic oxidation sites excluding steroid dienone is 2. The number of carbonyl (C=O) groups excluding carboxylic acids is 3. The standard InChI is InChI=1S/C34H44N2O5/c1-3-5-8-19-29(22-26-15-9-6-10-16-26)34(40)41-31(27-17-11-7-12-18-27)24-35-33(39)28(14-4-2)23-32(38)36-21-13-20-30(36)25-37/h3-4,6-7,9-12,15-18,28-31,37H,1-2,5,8,13-14,19-25H2,(H,35,39)/t28-,29+,30-,31-/m0/s1. The van der Waals surface area contributed by atoms with E-state index in [1.165, 1.54) is 0 Å². The van der Waals surface area contributed by atoms with Crippen LogP contribution in [0.1, 0.15) is 62.2 Å². The van der Waals surface area contributed by atoms with Crippen LogP contribution < -0.4 is 5.32 Å². The summed E-state index contributed by atoms with van der Waals surface area (Å²) in [4.78, 5) is 41.4. The Morgan fingerprint density at radius 1 is 1.02 bits per heavy atom. The molecule has 2 amide bonds. The minimum Gasteiger partial charge on any atom is -0.455 e. The monoisotopic (exact) mass is 560 g/mol. The molecule has 1 heterocycles. The van der Waals surface area contributed by atoms with Gasteiger partial charge in [-0.25, -0.2) is 0 Å². The number of amides is 2. The molecule has 7 nitrogen and oxygen atoms in total. The van der Waals surface area contributed by atoms with Crippen LogP contribution >= 0.6 is 0 Å². The summed E-state index contributed by atoms with van der Waals surface area (Å²) in [6.45, 7) is 8.16. The molecule has 2 N–H and O–H groups in total. The first kappa shape index (κ1) is 31.8. The third kappa shape index (κ3) is 10.0. The number of likely N-dealkylation sites (tertiary alicyclic amines) is 1. The van der Waals surface area contributed by atoms with Crippen LogP contribution in [0.15, 0.2) is 86.0 Å². The van der Waals surface area contributed by atoms with Gasteiger partial charge in [-0.05, 0) is 56.1 Å². The van der Waals surface area contributed by atoms with Crippen LogP contribution in [-0.2, 0) is 25.5 Å². The molecule has 2 aromatic carbocycles. The number of benzene rings is 2. The molecular weight excluding hydrogens is 516 g/mol. The SMILES string of the molecule is C=CCCC[C@H](Cc1ccccc1)C(=O)O[C@@H](CNC(=O)[C@@H](CC=C)CC(=O)N1CCC[C@H]1CO)c1ccccc1. The lowest BCUT2D eigenvalue weighted by molar-refractivity contribution is -0.155. The van der Waals surface area contributed by atoms with Gasteiger partial charge in [0, 0.05) is 13.0 Å². The van der Waals surface area contributed by atoms with Crippen molar-refractivity contribution in [1.82, 2.24) is 10.2 Å². The Morgan fingerprint density at radius 3 is 2.39 bits per heavy atom. The maximum atomic E-state index is 13.5. The van der Waals surface area contributed by atoms with E-state index in [2.05, 4.69) is 18.5 Å². The first-order valence-electron chi connectivity index (χ1n) is 14.7. The van der Waals surface area contributed by atoms with Gasteiger partial charge in [-0.1, -0.05) is 72.8 Å². The summed E-state index contributed by atoms with van der Waals surface area (Å²) in [6, 6.07) is 19.1. The Bertz CT molecular complexity index is 1120. The molecule has 0 unspecified atom stereocenters. The molecule has 4 atom stereocenters. The van der Waals surface area contributed by atoms with Crippen molar-refractivity contribution in [1.29, 1.82) is 0 Å². The van der Waals surface area contributed by atoms with Crippen molar-refractivity contribution in [2.45, 2.75) is 63.5 Å². The average molecular weight is 561 g/mol. The number of esters is 1. The molecule has 0 bridgehead atoms. The molecule has 41 heavy (non-hydrogen) atoms. The van der Waals surface area contributed by atoms with E-state index in [1.54, 1.807) is 11.0 Å². The van der Waals surface area contributed by atoms with Gasteiger partial charge in [0.25, 0.3) is 0 Å². The van der Waals surface area contributed by atoms with Crippen molar-refractivity contribution in [2.75, 3.05) is 19.7 Å². The van der Waals surface area contributed by atoms with E-state index >= 15 is 0 Å². The zero-order valence-corrected chi connectivity index (χ0v) is 24.0. The van der Waals surface area contributed by atoms with Crippen molar-refractivity contribution >= 4 is 17.8 Å². The molecule has 0 saturated carbocycles. The van der Waals surface area contributed by atoms with Crippen LogP contribution in [0.5, 0.6) is 0 Å². The molecule has 220 valence electrons. The average Bonchev–Trinajstić information content (AvgIpc) is 3.48. The minimum absolute atomic E-state index is 0.0343. The number of aliphatic hydroxyl groups excluding tert-OH is 1. The first-order valence-corrected chi connectivity index (χ1v) is 14.7. The van der Waals surface area contributed by atoms with Crippen LogP contribution in [-0.4, -0.2) is 53.5 Å². The molecule has 1 saturated heterocycles. The highest BCUT2D eigenvalue weighted by atomic mass is 16.5. The van der Waals surface area contributed by atoms with E-state index in [1.807, 2.05) is 66.7 Å². The van der Waals surface area contributed by atoms with Gasteiger partial charge in [0.05, 0.1) is 31.0 Å². The second kappa shape index (κ2) is 17.2. The molecule has 0 aromatic heterocycles. The zero-order valence-electron chi connectivity index (χ0n) is 24.0. The fourth-order valence-corrected chi connectivity index (χ4v) is 5.35. The molecular formula is C34H44N2O5. The highest BCUT2D eigenvalue weighted by molar-refractivity contribution is 5.86. The number of ether oxygens (including phenoxy) is 1. The summed E-state index contributed by atoms with van der Waals surface area (Å²) in [5.41, 5.74) is 1.85.